The Balaban J connectivity index is 3.21. The third-order valence-corrected chi connectivity index (χ3v) is 2.37. The highest BCUT2D eigenvalue weighted by molar-refractivity contribution is 5.97. The summed E-state index contributed by atoms with van der Waals surface area (Å²) in [6.07, 6.45) is 2.38. The zero-order chi connectivity index (χ0) is 12.1. The van der Waals surface area contributed by atoms with Gasteiger partial charge in [-0.1, -0.05) is 25.5 Å². The summed E-state index contributed by atoms with van der Waals surface area (Å²) in [5.74, 6) is -0.759. The van der Waals surface area contributed by atoms with Crippen molar-refractivity contribution in [2.24, 2.45) is 5.73 Å². The van der Waals surface area contributed by atoms with E-state index in [4.69, 9.17) is 5.73 Å². The van der Waals surface area contributed by atoms with Gasteiger partial charge >= 0.3 is 0 Å². The van der Waals surface area contributed by atoms with Crippen LogP contribution < -0.4 is 5.73 Å². The average molecular weight is 222 g/mol. The molecule has 1 aromatic carbocycles. The number of para-hydroxylation sites is 1. The van der Waals surface area contributed by atoms with E-state index < -0.39 is 10.8 Å². The Morgan fingerprint density at radius 2 is 2.19 bits per heavy atom. The topological polar surface area (TPSA) is 86.2 Å². The lowest BCUT2D eigenvalue weighted by Crippen LogP contribution is -2.14. The number of nitrogens with zero attached hydrogens (tertiary/aromatic N) is 1. The molecule has 0 aliphatic rings. The summed E-state index contributed by atoms with van der Waals surface area (Å²) in [6, 6.07) is 4.67. The first kappa shape index (κ1) is 12.2. The third kappa shape index (κ3) is 2.56. The number of primary amides is 1. The first-order valence-electron chi connectivity index (χ1n) is 5.14. The Labute approximate surface area is 93.4 Å². The van der Waals surface area contributed by atoms with Crippen molar-refractivity contribution in [2.45, 2.75) is 26.2 Å². The van der Waals surface area contributed by atoms with Crippen LogP contribution in [0.2, 0.25) is 0 Å². The lowest BCUT2D eigenvalue weighted by Gasteiger charge is -2.04. The van der Waals surface area contributed by atoms with E-state index in [1.54, 1.807) is 12.1 Å². The molecule has 0 aliphatic heterocycles. The van der Waals surface area contributed by atoms with Crippen LogP contribution in [0.3, 0.4) is 0 Å². The van der Waals surface area contributed by atoms with Gasteiger partial charge in [0.2, 0.25) is 0 Å². The number of rotatable bonds is 5. The standard InChI is InChI=1S/C11H14N2O3/c1-2-3-5-8-6-4-7-9(11(12)14)10(8)13(15)16/h4,6-7H,2-3,5H2,1H3,(H2,12,14). The zero-order valence-electron chi connectivity index (χ0n) is 9.10. The largest absolute Gasteiger partial charge is 0.365 e. The van der Waals surface area contributed by atoms with Gasteiger partial charge < -0.3 is 5.73 Å². The molecule has 0 saturated carbocycles. The summed E-state index contributed by atoms with van der Waals surface area (Å²) < 4.78 is 0. The van der Waals surface area contributed by atoms with Crippen molar-refractivity contribution in [1.82, 2.24) is 0 Å². The third-order valence-electron chi connectivity index (χ3n) is 2.37. The molecule has 0 atom stereocenters. The summed E-state index contributed by atoms with van der Waals surface area (Å²) >= 11 is 0. The molecular formula is C11H14N2O3. The van der Waals surface area contributed by atoms with Gasteiger partial charge in [0, 0.05) is 5.56 Å². The van der Waals surface area contributed by atoms with E-state index in [0.29, 0.717) is 12.0 Å². The van der Waals surface area contributed by atoms with Gasteiger partial charge in [-0.05, 0) is 18.9 Å². The first-order chi connectivity index (χ1) is 7.57. The van der Waals surface area contributed by atoms with Gasteiger partial charge in [0.1, 0.15) is 5.56 Å². The molecule has 0 fully saturated rings. The smallest absolute Gasteiger partial charge is 0.285 e. The predicted octanol–water partition coefficient (Wildman–Crippen LogP) is 2.04. The van der Waals surface area contributed by atoms with Crippen LogP contribution in [0.4, 0.5) is 5.69 Å². The van der Waals surface area contributed by atoms with Gasteiger partial charge in [0.25, 0.3) is 11.6 Å². The van der Waals surface area contributed by atoms with Crippen molar-refractivity contribution < 1.29 is 9.72 Å². The van der Waals surface area contributed by atoms with Gasteiger partial charge in [0.05, 0.1) is 4.92 Å². The van der Waals surface area contributed by atoms with Crippen LogP contribution in [0, 0.1) is 10.1 Å². The number of hydrogen-bond acceptors (Lipinski definition) is 3. The summed E-state index contributed by atoms with van der Waals surface area (Å²) in [4.78, 5) is 21.4. The maximum Gasteiger partial charge on any atom is 0.285 e. The van der Waals surface area contributed by atoms with Gasteiger partial charge in [-0.3, -0.25) is 14.9 Å². The fourth-order valence-electron chi connectivity index (χ4n) is 1.57. The van der Waals surface area contributed by atoms with Crippen LogP contribution in [-0.2, 0) is 6.42 Å². The number of nitro benzene ring substituents is 1. The fourth-order valence-corrected chi connectivity index (χ4v) is 1.57. The quantitative estimate of drug-likeness (QED) is 0.610. The molecule has 0 bridgehead atoms. The molecule has 0 aromatic heterocycles. The number of nitrogens with two attached hydrogens (primary N) is 1. The number of nitro groups is 1. The Morgan fingerprint density at radius 1 is 1.50 bits per heavy atom. The second-order valence-corrected chi connectivity index (χ2v) is 3.54. The monoisotopic (exact) mass is 222 g/mol. The molecule has 16 heavy (non-hydrogen) atoms. The van der Waals surface area contributed by atoms with Crippen LogP contribution in [0.15, 0.2) is 18.2 Å². The Kier molecular flexibility index (Phi) is 3.99. The maximum absolute atomic E-state index is 11.1. The summed E-state index contributed by atoms with van der Waals surface area (Å²) in [5.41, 5.74) is 5.51. The van der Waals surface area contributed by atoms with E-state index >= 15 is 0 Å². The highest BCUT2D eigenvalue weighted by atomic mass is 16.6. The number of amides is 1. The molecule has 5 heteroatoms. The molecule has 0 unspecified atom stereocenters. The van der Waals surface area contributed by atoms with Gasteiger partial charge in [-0.15, -0.1) is 0 Å². The second kappa shape index (κ2) is 5.25. The molecule has 1 amide bonds. The minimum Gasteiger partial charge on any atom is -0.365 e. The van der Waals surface area contributed by atoms with Crippen molar-refractivity contribution in [1.29, 1.82) is 0 Å². The molecule has 2 N–H and O–H groups in total. The minimum atomic E-state index is -0.759. The fraction of sp³-hybridized carbons (Fsp3) is 0.364. The molecule has 5 nitrogen and oxygen atoms in total. The van der Waals surface area contributed by atoms with E-state index in [2.05, 4.69) is 0 Å². The summed E-state index contributed by atoms with van der Waals surface area (Å²) in [6.45, 7) is 2.00. The SMILES string of the molecule is CCCCc1cccc(C(N)=O)c1[N+](=O)[O-]. The van der Waals surface area contributed by atoms with E-state index in [0.717, 1.165) is 12.8 Å². The van der Waals surface area contributed by atoms with E-state index in [-0.39, 0.29) is 11.3 Å². The van der Waals surface area contributed by atoms with Crippen LogP contribution >= 0.6 is 0 Å². The Hall–Kier alpha value is -1.91. The number of benzene rings is 1. The Morgan fingerprint density at radius 3 is 2.69 bits per heavy atom. The van der Waals surface area contributed by atoms with Gasteiger partial charge in [-0.25, -0.2) is 0 Å². The maximum atomic E-state index is 11.1. The number of carbonyl (C=O) groups excluding carboxylic acids is 1. The molecule has 1 rings (SSSR count). The van der Waals surface area contributed by atoms with Crippen molar-refractivity contribution in [2.75, 3.05) is 0 Å². The molecule has 86 valence electrons. The van der Waals surface area contributed by atoms with Crippen LogP contribution in [-0.4, -0.2) is 10.8 Å². The molecule has 0 spiro atoms. The van der Waals surface area contributed by atoms with Crippen molar-refractivity contribution in [3.63, 3.8) is 0 Å². The van der Waals surface area contributed by atoms with Crippen LogP contribution in [0.5, 0.6) is 0 Å². The molecule has 0 aliphatic carbocycles. The number of hydrogen-bond donors (Lipinski definition) is 1. The molecule has 0 radical (unpaired) electrons. The van der Waals surface area contributed by atoms with E-state index in [1.165, 1.54) is 6.07 Å². The highest BCUT2D eigenvalue weighted by Crippen LogP contribution is 2.24. The second-order valence-electron chi connectivity index (χ2n) is 3.54. The van der Waals surface area contributed by atoms with Crippen molar-refractivity contribution >= 4 is 11.6 Å². The van der Waals surface area contributed by atoms with Crippen molar-refractivity contribution in [3.8, 4) is 0 Å². The lowest BCUT2D eigenvalue weighted by molar-refractivity contribution is -0.385. The zero-order valence-corrected chi connectivity index (χ0v) is 9.10. The molecular weight excluding hydrogens is 208 g/mol. The minimum absolute atomic E-state index is 0.0152. The van der Waals surface area contributed by atoms with Crippen molar-refractivity contribution in [3.05, 3.63) is 39.4 Å². The van der Waals surface area contributed by atoms with E-state index in [9.17, 15) is 14.9 Å². The predicted molar refractivity (Wildman–Crippen MR) is 60.2 cm³/mol. The van der Waals surface area contributed by atoms with Crippen LogP contribution in [0.1, 0.15) is 35.7 Å². The average Bonchev–Trinajstić information content (AvgIpc) is 2.25. The first-order valence-corrected chi connectivity index (χ1v) is 5.14. The van der Waals surface area contributed by atoms with Gasteiger partial charge in [0.15, 0.2) is 0 Å². The molecule has 1 aromatic rings. The normalized spacial score (nSPS) is 10.1. The molecule has 0 heterocycles. The number of aryl methyl sites for hydroxylation is 1. The molecule has 0 saturated heterocycles. The Bertz CT molecular complexity index is 416. The number of carbonyl (C=O) groups is 1. The lowest BCUT2D eigenvalue weighted by atomic mass is 10.0. The van der Waals surface area contributed by atoms with Gasteiger partial charge in [-0.2, -0.15) is 0 Å². The summed E-state index contributed by atoms with van der Waals surface area (Å²) in [5, 5.41) is 10.9. The highest BCUT2D eigenvalue weighted by Gasteiger charge is 2.21. The van der Waals surface area contributed by atoms with E-state index in [1.807, 2.05) is 6.92 Å². The number of unbranched alkanes of at least 4 members (excludes halogenated alkanes) is 1. The van der Waals surface area contributed by atoms with Crippen LogP contribution in [0.25, 0.3) is 0 Å². The summed E-state index contributed by atoms with van der Waals surface area (Å²) in [7, 11) is 0.